The van der Waals surface area contributed by atoms with E-state index < -0.39 is 5.97 Å². The first kappa shape index (κ1) is 27.5. The van der Waals surface area contributed by atoms with Gasteiger partial charge in [0.15, 0.2) is 0 Å². The van der Waals surface area contributed by atoms with E-state index in [1.54, 1.807) is 54.7 Å². The van der Waals surface area contributed by atoms with E-state index in [4.69, 9.17) is 22.3 Å². The molecule has 0 amide bonds. The number of aromatic hydroxyl groups is 1. The zero-order chi connectivity index (χ0) is 26.9. The summed E-state index contributed by atoms with van der Waals surface area (Å²) in [5.41, 5.74) is 20.8. The number of phenols is 1. The van der Waals surface area contributed by atoms with Crippen LogP contribution in [-0.2, 0) is 11.3 Å². The Kier molecular flexibility index (Phi) is 9.51. The monoisotopic (exact) mass is 507 g/mol. The molecule has 198 valence electrons. The number of likely N-dealkylation sites (N-methyl/N-ethyl adjacent to an activating group) is 1. The van der Waals surface area contributed by atoms with Crippen molar-refractivity contribution < 1.29 is 15.0 Å². The Morgan fingerprint density at radius 2 is 1.92 bits per heavy atom. The number of aliphatic carboxylic acids is 1. The first-order valence-corrected chi connectivity index (χ1v) is 12.3. The van der Waals surface area contributed by atoms with E-state index in [9.17, 15) is 9.90 Å². The summed E-state index contributed by atoms with van der Waals surface area (Å²) in [6, 6.07) is 6.86. The van der Waals surface area contributed by atoms with Crippen LogP contribution in [0.5, 0.6) is 5.75 Å². The van der Waals surface area contributed by atoms with Gasteiger partial charge in [0, 0.05) is 54.8 Å². The Balaban J connectivity index is 1.82. The van der Waals surface area contributed by atoms with Crippen LogP contribution in [0.3, 0.4) is 0 Å². The summed E-state index contributed by atoms with van der Waals surface area (Å²) in [5, 5.41) is 19.2. The van der Waals surface area contributed by atoms with Crippen molar-refractivity contribution in [2.24, 2.45) is 23.1 Å². The predicted molar refractivity (Wildman–Crippen MR) is 144 cm³/mol. The number of hydrogen-bond donors (Lipinski definition) is 5. The molecule has 10 nitrogen and oxygen atoms in total. The van der Waals surface area contributed by atoms with Crippen LogP contribution in [0, 0.1) is 5.92 Å². The van der Waals surface area contributed by atoms with Crippen molar-refractivity contribution in [2.75, 3.05) is 26.7 Å². The minimum absolute atomic E-state index is 0.00417. The molecule has 0 saturated carbocycles. The van der Waals surface area contributed by atoms with Gasteiger partial charge in [-0.1, -0.05) is 37.6 Å². The molecule has 0 saturated heterocycles. The lowest BCUT2D eigenvalue weighted by atomic mass is 9.87. The van der Waals surface area contributed by atoms with E-state index in [1.165, 1.54) is 0 Å². The average Bonchev–Trinajstić information content (AvgIpc) is 3.05. The SMILES string of the molecule is CCCC1CN(C(/C=C(\N)c2ccccc2O)=C(N)N)CC=CC1c1ncc(CN(C)CC(=O)O)cn1. The van der Waals surface area contributed by atoms with Gasteiger partial charge >= 0.3 is 5.97 Å². The lowest BCUT2D eigenvalue weighted by Crippen LogP contribution is -2.33. The number of hydrogen-bond acceptors (Lipinski definition) is 9. The number of benzene rings is 1. The van der Waals surface area contributed by atoms with Gasteiger partial charge in [-0.05, 0) is 37.6 Å². The molecule has 0 radical (unpaired) electrons. The minimum Gasteiger partial charge on any atom is -0.507 e. The maximum Gasteiger partial charge on any atom is 0.317 e. The average molecular weight is 508 g/mol. The third-order valence-corrected chi connectivity index (χ3v) is 6.32. The van der Waals surface area contributed by atoms with E-state index in [-0.39, 0.29) is 30.0 Å². The summed E-state index contributed by atoms with van der Waals surface area (Å²) in [7, 11) is 1.75. The normalized spacial score (nSPS) is 18.0. The molecule has 1 aromatic carbocycles. The highest BCUT2D eigenvalue weighted by molar-refractivity contribution is 5.70. The van der Waals surface area contributed by atoms with Gasteiger partial charge in [0.2, 0.25) is 0 Å². The number of phenolic OH excluding ortho intramolecular Hbond substituents is 1. The summed E-state index contributed by atoms with van der Waals surface area (Å²) < 4.78 is 0. The highest BCUT2D eigenvalue weighted by Crippen LogP contribution is 2.32. The van der Waals surface area contributed by atoms with Gasteiger partial charge in [-0.25, -0.2) is 9.97 Å². The molecule has 3 rings (SSSR count). The predicted octanol–water partition coefficient (Wildman–Crippen LogP) is 2.16. The fraction of sp³-hybridized carbons (Fsp3) is 0.370. The highest BCUT2D eigenvalue weighted by Gasteiger charge is 2.28. The smallest absolute Gasteiger partial charge is 0.317 e. The second kappa shape index (κ2) is 12.8. The fourth-order valence-electron chi connectivity index (χ4n) is 4.62. The number of allylic oxidation sites excluding steroid dienone is 2. The second-order valence-electron chi connectivity index (χ2n) is 9.38. The van der Waals surface area contributed by atoms with E-state index in [0.717, 1.165) is 24.2 Å². The van der Waals surface area contributed by atoms with Gasteiger partial charge in [0.05, 0.1) is 12.2 Å². The van der Waals surface area contributed by atoms with Gasteiger partial charge in [0.1, 0.15) is 17.4 Å². The number of nitrogens with zero attached hydrogens (tertiary/aromatic N) is 4. The highest BCUT2D eigenvalue weighted by atomic mass is 16.4. The van der Waals surface area contributed by atoms with Crippen LogP contribution in [0.1, 0.15) is 42.6 Å². The molecular formula is C27H37N7O3. The number of carbonyl (C=O) groups is 1. The minimum atomic E-state index is -0.876. The summed E-state index contributed by atoms with van der Waals surface area (Å²) in [6.07, 6.45) is 11.3. The maximum absolute atomic E-state index is 10.9. The van der Waals surface area contributed by atoms with Crippen molar-refractivity contribution in [1.82, 2.24) is 19.8 Å². The molecule has 0 spiro atoms. The van der Waals surface area contributed by atoms with E-state index in [1.807, 2.05) is 0 Å². The molecule has 37 heavy (non-hydrogen) atoms. The zero-order valence-electron chi connectivity index (χ0n) is 21.4. The van der Waals surface area contributed by atoms with Gasteiger partial charge < -0.3 is 32.3 Å². The largest absolute Gasteiger partial charge is 0.507 e. The standard InChI is InChI=1S/C27H37N7O3/c1-3-7-19-16-34(23(26(29)30)12-22(28)21-8-4-5-10-24(21)35)11-6-9-20(19)27-31-13-18(14-32-27)15-33(2)17-25(36)37/h4-6,8-10,12-14,19-20,35H,3,7,11,15-17,28-30H2,1-2H3,(H,36,37)/b22-12-. The van der Waals surface area contributed by atoms with Crippen LogP contribution in [-0.4, -0.2) is 62.6 Å². The third kappa shape index (κ3) is 7.47. The number of nitrogens with two attached hydrogens (primary N) is 3. The Morgan fingerprint density at radius 1 is 1.22 bits per heavy atom. The van der Waals surface area contributed by atoms with Crippen LogP contribution in [0.25, 0.3) is 5.70 Å². The van der Waals surface area contributed by atoms with Crippen LogP contribution in [0.15, 0.2) is 66.4 Å². The fourth-order valence-corrected chi connectivity index (χ4v) is 4.62. The zero-order valence-corrected chi connectivity index (χ0v) is 21.4. The number of aromatic nitrogens is 2. The van der Waals surface area contributed by atoms with Crippen LogP contribution < -0.4 is 17.2 Å². The Bertz CT molecular complexity index is 1160. The van der Waals surface area contributed by atoms with Crippen molar-refractivity contribution in [3.63, 3.8) is 0 Å². The number of rotatable bonds is 10. The quantitative estimate of drug-likeness (QED) is 0.237. The molecular weight excluding hydrogens is 470 g/mol. The molecule has 1 aliphatic rings. The van der Waals surface area contributed by atoms with Crippen LogP contribution >= 0.6 is 0 Å². The van der Waals surface area contributed by atoms with E-state index >= 15 is 0 Å². The molecule has 1 aliphatic heterocycles. The lowest BCUT2D eigenvalue weighted by molar-refractivity contribution is -0.138. The molecule has 0 bridgehead atoms. The van der Waals surface area contributed by atoms with E-state index in [0.29, 0.717) is 36.6 Å². The third-order valence-electron chi connectivity index (χ3n) is 6.32. The van der Waals surface area contributed by atoms with Crippen LogP contribution in [0.4, 0.5) is 0 Å². The molecule has 1 aromatic heterocycles. The molecule has 0 aliphatic carbocycles. The molecule has 10 heteroatoms. The first-order valence-electron chi connectivity index (χ1n) is 12.3. The summed E-state index contributed by atoms with van der Waals surface area (Å²) in [4.78, 5) is 24.0. The second-order valence-corrected chi connectivity index (χ2v) is 9.38. The molecule has 8 N–H and O–H groups in total. The molecule has 2 atom stereocenters. The topological polar surface area (TPSA) is 168 Å². The van der Waals surface area contributed by atoms with Crippen molar-refractivity contribution in [2.45, 2.75) is 32.2 Å². The number of carboxylic acid groups (broad SMARTS) is 1. The van der Waals surface area contributed by atoms with Crippen molar-refractivity contribution in [3.05, 3.63) is 83.4 Å². The molecule has 2 aromatic rings. The van der Waals surface area contributed by atoms with E-state index in [2.05, 4.69) is 33.9 Å². The lowest BCUT2D eigenvalue weighted by Gasteiger charge is -2.30. The van der Waals surface area contributed by atoms with Crippen LogP contribution in [0.2, 0.25) is 0 Å². The van der Waals surface area contributed by atoms with Gasteiger partial charge in [0.25, 0.3) is 0 Å². The van der Waals surface area contributed by atoms with Crippen molar-refractivity contribution in [1.29, 1.82) is 0 Å². The summed E-state index contributed by atoms with van der Waals surface area (Å²) >= 11 is 0. The van der Waals surface area contributed by atoms with Gasteiger partial charge in [-0.2, -0.15) is 0 Å². The Labute approximate surface area is 217 Å². The van der Waals surface area contributed by atoms with Gasteiger partial charge in [-0.3, -0.25) is 9.69 Å². The molecule has 2 heterocycles. The molecule has 0 fully saturated rings. The summed E-state index contributed by atoms with van der Waals surface area (Å²) in [6.45, 7) is 3.78. The van der Waals surface area contributed by atoms with Gasteiger partial charge in [-0.15, -0.1) is 0 Å². The van der Waals surface area contributed by atoms with Crippen molar-refractivity contribution in [3.8, 4) is 5.75 Å². The first-order chi connectivity index (χ1) is 17.7. The Morgan fingerprint density at radius 3 is 2.54 bits per heavy atom. The van der Waals surface area contributed by atoms with Crippen molar-refractivity contribution >= 4 is 11.7 Å². The number of carboxylic acids is 1. The molecule has 2 unspecified atom stereocenters. The maximum atomic E-state index is 10.9. The Hall–Kier alpha value is -4.05. The summed E-state index contributed by atoms with van der Waals surface area (Å²) in [5.74, 6) is 0.261. The number of para-hydroxylation sites is 1.